The highest BCUT2D eigenvalue weighted by atomic mass is 32.2. The molecule has 0 saturated carbocycles. The number of carboxylic acid groups (broad SMARTS) is 1. The number of benzene rings is 1. The van der Waals surface area contributed by atoms with Gasteiger partial charge in [0.15, 0.2) is 0 Å². The first-order valence-corrected chi connectivity index (χ1v) is 7.23. The van der Waals surface area contributed by atoms with Crippen LogP contribution in [-0.4, -0.2) is 44.6 Å². The molecular formula is C12H13N3O5S. The number of hydrogen-bond acceptors (Lipinski definition) is 5. The highest BCUT2D eigenvalue weighted by Gasteiger charge is 2.34. The van der Waals surface area contributed by atoms with Gasteiger partial charge >= 0.3 is 12.0 Å². The fourth-order valence-electron chi connectivity index (χ4n) is 1.86. The van der Waals surface area contributed by atoms with Gasteiger partial charge in [-0.05, 0) is 5.56 Å². The van der Waals surface area contributed by atoms with E-state index < -0.39 is 23.0 Å². The van der Waals surface area contributed by atoms with Crippen molar-refractivity contribution in [2.24, 2.45) is 0 Å². The smallest absolute Gasteiger partial charge is 0.327 e. The van der Waals surface area contributed by atoms with Crippen LogP contribution in [0.4, 0.5) is 10.5 Å². The van der Waals surface area contributed by atoms with Gasteiger partial charge in [-0.15, -0.1) is 11.8 Å². The molecule has 112 valence electrons. The molecule has 0 spiro atoms. The average molecular weight is 311 g/mol. The zero-order valence-corrected chi connectivity index (χ0v) is 11.7. The van der Waals surface area contributed by atoms with Crippen LogP contribution in [0.25, 0.3) is 0 Å². The molecule has 1 fully saturated rings. The molecule has 9 heteroatoms. The third kappa shape index (κ3) is 3.63. The molecule has 21 heavy (non-hydrogen) atoms. The minimum Gasteiger partial charge on any atom is -0.480 e. The van der Waals surface area contributed by atoms with Gasteiger partial charge in [0.25, 0.3) is 5.69 Å². The van der Waals surface area contributed by atoms with Gasteiger partial charge in [0.1, 0.15) is 6.04 Å². The van der Waals surface area contributed by atoms with Gasteiger partial charge in [0.2, 0.25) is 0 Å². The summed E-state index contributed by atoms with van der Waals surface area (Å²) in [5.74, 6) is -0.311. The molecule has 2 N–H and O–H groups in total. The second-order valence-electron chi connectivity index (χ2n) is 4.41. The van der Waals surface area contributed by atoms with Crippen LogP contribution in [0.5, 0.6) is 0 Å². The van der Waals surface area contributed by atoms with E-state index in [1.165, 1.54) is 28.8 Å². The maximum Gasteiger partial charge on any atom is 0.327 e. The summed E-state index contributed by atoms with van der Waals surface area (Å²) in [4.78, 5) is 34.2. The molecule has 1 atom stereocenters. The van der Waals surface area contributed by atoms with E-state index >= 15 is 0 Å². The lowest BCUT2D eigenvalue weighted by Crippen LogP contribution is -2.46. The van der Waals surface area contributed by atoms with E-state index in [4.69, 9.17) is 5.11 Å². The summed E-state index contributed by atoms with van der Waals surface area (Å²) in [5.41, 5.74) is 0.680. The van der Waals surface area contributed by atoms with E-state index in [1.807, 2.05) is 0 Å². The molecule has 1 aliphatic rings. The fraction of sp³-hybridized carbons (Fsp3) is 0.333. The number of aliphatic carboxylic acids is 1. The Kier molecular flexibility index (Phi) is 4.63. The Balaban J connectivity index is 1.91. The number of rotatable bonds is 4. The van der Waals surface area contributed by atoms with E-state index in [0.29, 0.717) is 17.2 Å². The number of urea groups is 1. The number of nitro groups is 1. The Morgan fingerprint density at radius 2 is 2.10 bits per heavy atom. The first-order valence-electron chi connectivity index (χ1n) is 6.07. The van der Waals surface area contributed by atoms with Gasteiger partial charge in [-0.2, -0.15) is 0 Å². The molecule has 0 bridgehead atoms. The van der Waals surface area contributed by atoms with Crippen molar-refractivity contribution in [3.63, 3.8) is 0 Å². The molecule has 2 rings (SSSR count). The molecule has 0 aromatic heterocycles. The van der Waals surface area contributed by atoms with Crippen LogP contribution >= 0.6 is 11.8 Å². The molecule has 0 aliphatic carbocycles. The summed E-state index contributed by atoms with van der Waals surface area (Å²) in [6.45, 7) is 0.185. The van der Waals surface area contributed by atoms with E-state index in [-0.39, 0.29) is 12.2 Å². The Morgan fingerprint density at radius 3 is 2.67 bits per heavy atom. The third-order valence-electron chi connectivity index (χ3n) is 3.02. The van der Waals surface area contributed by atoms with Crippen LogP contribution < -0.4 is 5.32 Å². The average Bonchev–Trinajstić information content (AvgIpc) is 2.95. The molecule has 1 aromatic rings. The monoisotopic (exact) mass is 311 g/mol. The van der Waals surface area contributed by atoms with Crippen molar-refractivity contribution in [1.29, 1.82) is 0 Å². The lowest BCUT2D eigenvalue weighted by atomic mass is 10.2. The number of non-ortho nitro benzene ring substituents is 1. The van der Waals surface area contributed by atoms with Crippen LogP contribution in [0.2, 0.25) is 0 Å². The summed E-state index contributed by atoms with van der Waals surface area (Å²) in [5, 5.41) is 22.1. The molecular weight excluding hydrogens is 298 g/mol. The van der Waals surface area contributed by atoms with Crippen molar-refractivity contribution < 1.29 is 19.6 Å². The number of thioether (sulfide) groups is 1. The molecule has 1 saturated heterocycles. The van der Waals surface area contributed by atoms with Gasteiger partial charge in [0.05, 0.1) is 10.8 Å². The summed E-state index contributed by atoms with van der Waals surface area (Å²) in [7, 11) is 0. The van der Waals surface area contributed by atoms with Crippen LogP contribution in [0, 0.1) is 10.1 Å². The van der Waals surface area contributed by atoms with E-state index in [9.17, 15) is 19.7 Å². The van der Waals surface area contributed by atoms with Crippen molar-refractivity contribution in [3.05, 3.63) is 39.9 Å². The van der Waals surface area contributed by atoms with E-state index in [2.05, 4.69) is 5.32 Å². The predicted molar refractivity (Wildman–Crippen MR) is 75.9 cm³/mol. The summed E-state index contributed by atoms with van der Waals surface area (Å²) >= 11 is 1.38. The first-order chi connectivity index (χ1) is 9.99. The Bertz CT molecular complexity index is 563. The van der Waals surface area contributed by atoms with Crippen molar-refractivity contribution >= 4 is 29.4 Å². The summed E-state index contributed by atoms with van der Waals surface area (Å²) in [6.07, 6.45) is 0. The number of amides is 2. The van der Waals surface area contributed by atoms with Crippen LogP contribution in [0.3, 0.4) is 0 Å². The maximum atomic E-state index is 11.9. The molecule has 1 heterocycles. The maximum absolute atomic E-state index is 11.9. The van der Waals surface area contributed by atoms with Crippen molar-refractivity contribution in [2.75, 3.05) is 11.6 Å². The van der Waals surface area contributed by atoms with Gasteiger partial charge in [-0.25, -0.2) is 9.59 Å². The Morgan fingerprint density at radius 1 is 1.43 bits per heavy atom. The van der Waals surface area contributed by atoms with E-state index in [1.54, 1.807) is 12.1 Å². The summed E-state index contributed by atoms with van der Waals surface area (Å²) < 4.78 is 0. The number of carboxylic acids is 1. The lowest BCUT2D eigenvalue weighted by Gasteiger charge is -2.20. The number of nitro benzene ring substituents is 1. The molecule has 1 unspecified atom stereocenters. The largest absolute Gasteiger partial charge is 0.480 e. The Labute approximate surface area is 124 Å². The zero-order chi connectivity index (χ0) is 15.4. The fourth-order valence-corrected chi connectivity index (χ4v) is 3.01. The topological polar surface area (TPSA) is 113 Å². The minimum absolute atomic E-state index is 0.0213. The van der Waals surface area contributed by atoms with Crippen LogP contribution in [0.1, 0.15) is 5.56 Å². The second-order valence-corrected chi connectivity index (χ2v) is 5.41. The van der Waals surface area contributed by atoms with Crippen LogP contribution in [0.15, 0.2) is 24.3 Å². The minimum atomic E-state index is -1.02. The lowest BCUT2D eigenvalue weighted by molar-refractivity contribution is -0.384. The van der Waals surface area contributed by atoms with E-state index in [0.717, 1.165) is 0 Å². The molecule has 8 nitrogen and oxygen atoms in total. The van der Waals surface area contributed by atoms with Crippen molar-refractivity contribution in [1.82, 2.24) is 10.2 Å². The van der Waals surface area contributed by atoms with Crippen molar-refractivity contribution in [3.8, 4) is 0 Å². The molecule has 0 radical (unpaired) electrons. The predicted octanol–water partition coefficient (Wildman–Crippen LogP) is 1.26. The van der Waals surface area contributed by atoms with Crippen LogP contribution in [-0.2, 0) is 11.3 Å². The highest BCUT2D eigenvalue weighted by Crippen LogP contribution is 2.21. The zero-order valence-electron chi connectivity index (χ0n) is 10.9. The quantitative estimate of drug-likeness (QED) is 0.639. The standard InChI is InChI=1S/C12H13N3O5S/c16-11(17)10-6-21-7-14(10)12(18)13-5-8-1-3-9(4-2-8)15(19)20/h1-4,10H,5-7H2,(H,13,18)(H,16,17). The van der Waals surface area contributed by atoms with Gasteiger partial charge in [-0.3, -0.25) is 10.1 Å². The normalized spacial score (nSPS) is 17.5. The SMILES string of the molecule is O=C(O)C1CSCN1C(=O)NCc1ccc([N+](=O)[O-])cc1. The number of carbonyl (C=O) groups is 2. The van der Waals surface area contributed by atoms with Crippen molar-refractivity contribution in [2.45, 2.75) is 12.6 Å². The highest BCUT2D eigenvalue weighted by molar-refractivity contribution is 7.99. The third-order valence-corrected chi connectivity index (χ3v) is 4.03. The summed E-state index contributed by atoms with van der Waals surface area (Å²) in [6, 6.07) is 4.54. The Hall–Kier alpha value is -2.29. The molecule has 2 amide bonds. The second kappa shape index (κ2) is 6.44. The first kappa shape index (κ1) is 15.1. The molecule has 1 aliphatic heterocycles. The number of nitrogens with zero attached hydrogens (tertiary/aromatic N) is 2. The number of hydrogen-bond donors (Lipinski definition) is 2. The van der Waals surface area contributed by atoms with Gasteiger partial charge in [0, 0.05) is 24.4 Å². The number of carbonyl (C=O) groups excluding carboxylic acids is 1. The van der Waals surface area contributed by atoms with Gasteiger partial charge < -0.3 is 15.3 Å². The molecule has 1 aromatic carbocycles. The number of nitrogens with one attached hydrogen (secondary N) is 1. The van der Waals surface area contributed by atoms with Gasteiger partial charge in [-0.1, -0.05) is 12.1 Å².